The molecule has 0 N–H and O–H groups in total. The van der Waals surface area contributed by atoms with Gasteiger partial charge in [0, 0.05) is 51.3 Å². The standard InChI is InChI=1S/C73H70I2N6/c1-11-13-20-47-34-54(39-57(36-47)73(8,9)10)68-76-63(44-64(77-68)52-30-46(4)33-58(74)40-52)51-27-29-67(81-65-25-19-18-24-60(65)61-42-50(26-28-66(61)81)49-22-16-15-17-23-49)62(43-51)71-79-69(53-31-45(3)32-56(38-53)72(5,6)7)78-70(80-71)55-35-48(21-14-12-2)37-59(75)41-55/h15-19,22-44H,11-14,20-21H2,1-10H3. The van der Waals surface area contributed by atoms with Crippen LogP contribution < -0.4 is 0 Å². The van der Waals surface area contributed by atoms with Gasteiger partial charge in [-0.15, -0.1) is 0 Å². The number of halogens is 2. The maximum absolute atomic E-state index is 5.62. The van der Waals surface area contributed by atoms with Crippen LogP contribution in [0.5, 0.6) is 0 Å². The zero-order valence-electron chi connectivity index (χ0n) is 48.3. The molecule has 0 bridgehead atoms. The van der Waals surface area contributed by atoms with Gasteiger partial charge in [0.25, 0.3) is 0 Å². The summed E-state index contributed by atoms with van der Waals surface area (Å²) in [7, 11) is 0. The highest BCUT2D eigenvalue weighted by Gasteiger charge is 2.25. The lowest BCUT2D eigenvalue weighted by Gasteiger charge is -2.21. The predicted octanol–water partition coefficient (Wildman–Crippen LogP) is 20.5. The van der Waals surface area contributed by atoms with E-state index in [1.54, 1.807) is 0 Å². The lowest BCUT2D eigenvalue weighted by Crippen LogP contribution is -2.12. The normalized spacial score (nSPS) is 12.0. The van der Waals surface area contributed by atoms with E-state index in [1.165, 1.54) is 49.7 Å². The van der Waals surface area contributed by atoms with Crippen LogP contribution in [-0.2, 0) is 23.7 Å². The summed E-state index contributed by atoms with van der Waals surface area (Å²) in [4.78, 5) is 27.7. The largest absolute Gasteiger partial charge is 0.309 e. The van der Waals surface area contributed by atoms with Crippen molar-refractivity contribution in [1.82, 2.24) is 29.5 Å². The topological polar surface area (TPSA) is 69.4 Å². The molecule has 0 atom stereocenters. The first-order valence-electron chi connectivity index (χ1n) is 28.6. The van der Waals surface area contributed by atoms with Crippen LogP contribution in [0.25, 0.3) is 107 Å². The molecule has 8 aromatic carbocycles. The van der Waals surface area contributed by atoms with Gasteiger partial charge in [-0.1, -0.05) is 147 Å². The van der Waals surface area contributed by atoms with Crippen molar-refractivity contribution in [1.29, 1.82) is 0 Å². The molecule has 81 heavy (non-hydrogen) atoms. The molecule has 0 unspecified atom stereocenters. The van der Waals surface area contributed by atoms with Crippen LogP contribution in [-0.4, -0.2) is 29.5 Å². The number of unbranched alkanes of at least 4 members (excludes halogenated alkanes) is 2. The van der Waals surface area contributed by atoms with Gasteiger partial charge in [0.2, 0.25) is 0 Å². The average Bonchev–Trinajstić information content (AvgIpc) is 3.50. The van der Waals surface area contributed by atoms with Crippen molar-refractivity contribution in [2.45, 2.75) is 119 Å². The van der Waals surface area contributed by atoms with E-state index < -0.39 is 0 Å². The van der Waals surface area contributed by atoms with Crippen molar-refractivity contribution < 1.29 is 0 Å². The molecule has 11 aromatic rings. The molecule has 0 amide bonds. The zero-order valence-corrected chi connectivity index (χ0v) is 52.7. The number of hydrogen-bond donors (Lipinski definition) is 0. The molecular weight excluding hydrogens is 1210 g/mol. The van der Waals surface area contributed by atoms with Crippen molar-refractivity contribution in [3.8, 4) is 84.9 Å². The van der Waals surface area contributed by atoms with E-state index in [1.807, 2.05) is 0 Å². The van der Waals surface area contributed by atoms with Crippen LogP contribution >= 0.6 is 45.2 Å². The van der Waals surface area contributed by atoms with E-state index in [9.17, 15) is 0 Å². The molecule has 406 valence electrons. The fourth-order valence-electron chi connectivity index (χ4n) is 11.1. The molecular formula is C73H70I2N6. The van der Waals surface area contributed by atoms with Gasteiger partial charge in [-0.05, 0) is 232 Å². The van der Waals surface area contributed by atoms with E-state index in [0.29, 0.717) is 23.3 Å². The number of nitrogens with zero attached hydrogens (tertiary/aromatic N) is 6. The lowest BCUT2D eigenvalue weighted by atomic mass is 9.84. The van der Waals surface area contributed by atoms with E-state index in [2.05, 4.69) is 289 Å². The number of benzene rings is 8. The van der Waals surface area contributed by atoms with E-state index in [0.717, 1.165) is 113 Å². The van der Waals surface area contributed by atoms with Crippen molar-refractivity contribution in [3.05, 3.63) is 210 Å². The Morgan fingerprint density at radius 1 is 0.395 bits per heavy atom. The van der Waals surface area contributed by atoms with Gasteiger partial charge in [-0.25, -0.2) is 24.9 Å². The Balaban J connectivity index is 1.22. The minimum atomic E-state index is -0.0985. The van der Waals surface area contributed by atoms with Crippen LogP contribution in [0.15, 0.2) is 170 Å². The third-order valence-corrected chi connectivity index (χ3v) is 16.7. The van der Waals surface area contributed by atoms with Gasteiger partial charge >= 0.3 is 0 Å². The first kappa shape index (κ1) is 56.0. The third-order valence-electron chi connectivity index (χ3n) is 15.4. The molecule has 0 radical (unpaired) electrons. The quantitative estimate of drug-likeness (QED) is 0.102. The second-order valence-corrected chi connectivity index (χ2v) is 26.5. The van der Waals surface area contributed by atoms with Gasteiger partial charge in [-0.2, -0.15) is 0 Å². The van der Waals surface area contributed by atoms with Crippen molar-refractivity contribution in [3.63, 3.8) is 0 Å². The minimum Gasteiger partial charge on any atom is -0.309 e. The molecule has 0 saturated carbocycles. The monoisotopic (exact) mass is 1280 g/mol. The minimum absolute atomic E-state index is 0.0746. The van der Waals surface area contributed by atoms with E-state index >= 15 is 0 Å². The second-order valence-electron chi connectivity index (χ2n) is 24.0. The number of fused-ring (bicyclic) bond motifs is 3. The highest BCUT2D eigenvalue weighted by atomic mass is 127. The van der Waals surface area contributed by atoms with Gasteiger partial charge < -0.3 is 4.57 Å². The second kappa shape index (κ2) is 23.2. The molecule has 0 aliphatic heterocycles. The lowest BCUT2D eigenvalue weighted by molar-refractivity contribution is 0.589. The number of rotatable bonds is 14. The maximum Gasteiger partial charge on any atom is 0.166 e. The zero-order chi connectivity index (χ0) is 56.7. The summed E-state index contributed by atoms with van der Waals surface area (Å²) in [6.45, 7) is 22.5. The van der Waals surface area contributed by atoms with Crippen molar-refractivity contribution in [2.24, 2.45) is 0 Å². The Morgan fingerprint density at radius 3 is 1.60 bits per heavy atom. The summed E-state index contributed by atoms with van der Waals surface area (Å²) in [6, 6.07) is 62.4. The van der Waals surface area contributed by atoms with Crippen LogP contribution in [0, 0.1) is 21.0 Å². The number of para-hydroxylation sites is 1. The average molecular weight is 1290 g/mol. The first-order chi connectivity index (χ1) is 38.9. The third kappa shape index (κ3) is 12.2. The van der Waals surface area contributed by atoms with Crippen LogP contribution in [0.3, 0.4) is 0 Å². The molecule has 0 saturated heterocycles. The van der Waals surface area contributed by atoms with Crippen molar-refractivity contribution in [2.75, 3.05) is 0 Å². The van der Waals surface area contributed by atoms with E-state index in [-0.39, 0.29) is 10.8 Å². The summed E-state index contributed by atoms with van der Waals surface area (Å²) in [5.41, 5.74) is 20.2. The Hall–Kier alpha value is -6.89. The van der Waals surface area contributed by atoms with Crippen LogP contribution in [0.1, 0.15) is 114 Å². The van der Waals surface area contributed by atoms with Crippen molar-refractivity contribution >= 4 is 67.0 Å². The molecule has 3 aromatic heterocycles. The number of aromatic nitrogens is 6. The summed E-state index contributed by atoms with van der Waals surface area (Å²) in [6.07, 6.45) is 6.43. The summed E-state index contributed by atoms with van der Waals surface area (Å²) in [5.74, 6) is 2.53. The first-order valence-corrected chi connectivity index (χ1v) is 30.8. The highest BCUT2D eigenvalue weighted by Crippen LogP contribution is 2.41. The molecule has 8 heteroatoms. The van der Waals surface area contributed by atoms with Gasteiger partial charge in [0.15, 0.2) is 23.3 Å². The molecule has 11 rings (SSSR count). The van der Waals surface area contributed by atoms with Crippen LogP contribution in [0.2, 0.25) is 0 Å². The van der Waals surface area contributed by atoms with Gasteiger partial charge in [0.05, 0.1) is 28.1 Å². The van der Waals surface area contributed by atoms with Crippen LogP contribution in [0.4, 0.5) is 0 Å². The molecule has 3 heterocycles. The molecule has 0 fully saturated rings. The fraction of sp³-hybridized carbons (Fsp3) is 0.247. The Bertz CT molecular complexity index is 4140. The SMILES string of the molecule is CCCCc1cc(I)cc(-c2nc(-c3cc(C)cc(C(C)(C)C)c3)nc(-c3cc(-c4cc(-c5cc(C)cc(I)c5)nc(-c5cc(CCCC)cc(C(C)(C)C)c5)n4)ccc3-n3c4ccccc4c4cc(-c5ccccc5)ccc43)n2)c1. The maximum atomic E-state index is 5.62. The Labute approximate surface area is 506 Å². The molecule has 6 nitrogen and oxygen atoms in total. The summed E-state index contributed by atoms with van der Waals surface area (Å²) < 4.78 is 4.71. The van der Waals surface area contributed by atoms with E-state index in [4.69, 9.17) is 24.9 Å². The molecule has 0 spiro atoms. The number of hydrogen-bond acceptors (Lipinski definition) is 5. The number of aryl methyl sites for hydroxylation is 4. The summed E-state index contributed by atoms with van der Waals surface area (Å²) >= 11 is 4.88. The Morgan fingerprint density at radius 2 is 0.926 bits per heavy atom. The Kier molecular flexibility index (Phi) is 16.0. The highest BCUT2D eigenvalue weighted by molar-refractivity contribution is 14.1. The van der Waals surface area contributed by atoms with Gasteiger partial charge in [-0.3, -0.25) is 0 Å². The predicted molar refractivity (Wildman–Crippen MR) is 357 cm³/mol. The summed E-state index contributed by atoms with van der Waals surface area (Å²) in [5, 5.41) is 2.33. The molecule has 0 aliphatic rings. The fourth-order valence-corrected chi connectivity index (χ4v) is 12.6. The smallest absolute Gasteiger partial charge is 0.166 e. The van der Waals surface area contributed by atoms with Gasteiger partial charge in [0.1, 0.15) is 0 Å². The molecule has 0 aliphatic carbocycles.